The van der Waals surface area contributed by atoms with Crippen molar-refractivity contribution in [3.05, 3.63) is 27.4 Å². The van der Waals surface area contributed by atoms with E-state index in [1.165, 1.54) is 0 Å². The van der Waals surface area contributed by atoms with Gasteiger partial charge in [-0.15, -0.1) is 0 Å². The SMILES string of the molecule is CC(C)c1nc(C#N)c(C#N)[nH]c1=O. The van der Waals surface area contributed by atoms with Crippen molar-refractivity contribution in [1.82, 2.24) is 9.97 Å². The van der Waals surface area contributed by atoms with Crippen molar-refractivity contribution in [1.29, 1.82) is 10.5 Å². The van der Waals surface area contributed by atoms with Gasteiger partial charge < -0.3 is 4.98 Å². The average molecular weight is 188 g/mol. The van der Waals surface area contributed by atoms with Crippen molar-refractivity contribution in [2.75, 3.05) is 0 Å². The van der Waals surface area contributed by atoms with Crippen molar-refractivity contribution in [2.45, 2.75) is 19.8 Å². The molecule has 0 fully saturated rings. The molecular formula is C9H8N4O. The Balaban J connectivity index is 3.50. The number of nitriles is 2. The van der Waals surface area contributed by atoms with E-state index >= 15 is 0 Å². The molecule has 0 aliphatic heterocycles. The highest BCUT2D eigenvalue weighted by Gasteiger charge is 2.12. The molecule has 1 aromatic rings. The van der Waals surface area contributed by atoms with Gasteiger partial charge >= 0.3 is 0 Å². The van der Waals surface area contributed by atoms with Gasteiger partial charge in [0.05, 0.1) is 0 Å². The summed E-state index contributed by atoms with van der Waals surface area (Å²) in [5.74, 6) is -0.0707. The van der Waals surface area contributed by atoms with E-state index in [0.29, 0.717) is 0 Å². The smallest absolute Gasteiger partial charge is 0.270 e. The summed E-state index contributed by atoms with van der Waals surface area (Å²) in [5.41, 5.74) is -0.242. The van der Waals surface area contributed by atoms with E-state index in [1.807, 2.05) is 0 Å². The van der Waals surface area contributed by atoms with Crippen LogP contribution in [0.15, 0.2) is 4.79 Å². The molecule has 0 aliphatic rings. The van der Waals surface area contributed by atoms with Gasteiger partial charge in [0.2, 0.25) is 0 Å². The van der Waals surface area contributed by atoms with Crippen molar-refractivity contribution < 1.29 is 0 Å². The maximum atomic E-state index is 11.3. The molecule has 0 radical (unpaired) electrons. The lowest BCUT2D eigenvalue weighted by Gasteiger charge is -2.03. The third-order valence-electron chi connectivity index (χ3n) is 1.70. The first kappa shape index (κ1) is 9.94. The summed E-state index contributed by atoms with van der Waals surface area (Å²) in [5, 5.41) is 17.3. The van der Waals surface area contributed by atoms with E-state index in [4.69, 9.17) is 10.5 Å². The number of nitrogens with zero attached hydrogens (tertiary/aromatic N) is 3. The lowest BCUT2D eigenvalue weighted by Crippen LogP contribution is -2.19. The first-order valence-corrected chi connectivity index (χ1v) is 4.04. The largest absolute Gasteiger partial charge is 0.310 e. The molecule has 0 atom stereocenters. The molecule has 5 nitrogen and oxygen atoms in total. The Kier molecular flexibility index (Phi) is 2.64. The summed E-state index contributed by atoms with van der Waals surface area (Å²) < 4.78 is 0. The van der Waals surface area contributed by atoms with E-state index in [1.54, 1.807) is 26.0 Å². The van der Waals surface area contributed by atoms with Gasteiger partial charge in [0, 0.05) is 5.92 Å². The molecule has 0 aromatic carbocycles. The van der Waals surface area contributed by atoms with Crippen LogP contribution in [0.1, 0.15) is 36.8 Å². The Bertz CT molecular complexity index is 487. The molecule has 0 spiro atoms. The van der Waals surface area contributed by atoms with E-state index in [9.17, 15) is 4.79 Å². The van der Waals surface area contributed by atoms with Gasteiger partial charge in [-0.25, -0.2) is 4.98 Å². The van der Waals surface area contributed by atoms with Crippen molar-refractivity contribution in [3.8, 4) is 12.1 Å². The lowest BCUT2D eigenvalue weighted by molar-refractivity contribution is 0.789. The number of rotatable bonds is 1. The highest BCUT2D eigenvalue weighted by molar-refractivity contribution is 5.35. The molecule has 0 saturated heterocycles. The number of hydrogen-bond donors (Lipinski definition) is 1. The van der Waals surface area contributed by atoms with Gasteiger partial charge in [-0.05, 0) is 0 Å². The number of H-pyrrole nitrogens is 1. The van der Waals surface area contributed by atoms with Crippen LogP contribution in [0.3, 0.4) is 0 Å². The maximum Gasteiger partial charge on any atom is 0.270 e. The molecule has 0 amide bonds. The first-order valence-electron chi connectivity index (χ1n) is 4.04. The second-order valence-electron chi connectivity index (χ2n) is 3.05. The molecular weight excluding hydrogens is 180 g/mol. The fraction of sp³-hybridized carbons (Fsp3) is 0.333. The van der Waals surface area contributed by atoms with E-state index < -0.39 is 5.56 Å². The number of hydrogen-bond acceptors (Lipinski definition) is 4. The molecule has 0 saturated carbocycles. The van der Waals surface area contributed by atoms with Gasteiger partial charge in [-0.3, -0.25) is 4.79 Å². The van der Waals surface area contributed by atoms with Crippen LogP contribution in [-0.4, -0.2) is 9.97 Å². The molecule has 14 heavy (non-hydrogen) atoms. The fourth-order valence-corrected chi connectivity index (χ4v) is 1.02. The van der Waals surface area contributed by atoms with Gasteiger partial charge in [0.1, 0.15) is 17.8 Å². The Morgan fingerprint density at radius 3 is 2.43 bits per heavy atom. The zero-order valence-electron chi connectivity index (χ0n) is 7.83. The molecule has 1 aromatic heterocycles. The van der Waals surface area contributed by atoms with Crippen LogP contribution < -0.4 is 5.56 Å². The molecule has 1 rings (SSSR count). The zero-order valence-corrected chi connectivity index (χ0v) is 7.83. The third-order valence-corrected chi connectivity index (χ3v) is 1.70. The van der Waals surface area contributed by atoms with Gasteiger partial charge in [0.25, 0.3) is 5.56 Å². The number of aromatic amines is 1. The normalized spacial score (nSPS) is 9.50. The minimum Gasteiger partial charge on any atom is -0.310 e. The Morgan fingerprint density at radius 1 is 1.36 bits per heavy atom. The monoisotopic (exact) mass is 188 g/mol. The molecule has 5 heteroatoms. The third kappa shape index (κ3) is 1.62. The Hall–Kier alpha value is -2.14. The van der Waals surface area contributed by atoms with E-state index in [0.717, 1.165) is 0 Å². The van der Waals surface area contributed by atoms with Crippen LogP contribution in [0.25, 0.3) is 0 Å². The molecule has 1 N–H and O–H groups in total. The maximum absolute atomic E-state index is 11.3. The van der Waals surface area contributed by atoms with Crippen molar-refractivity contribution in [2.24, 2.45) is 0 Å². The topological polar surface area (TPSA) is 93.3 Å². The summed E-state index contributed by atoms with van der Waals surface area (Å²) in [7, 11) is 0. The second kappa shape index (κ2) is 3.71. The Morgan fingerprint density at radius 2 is 2.00 bits per heavy atom. The van der Waals surface area contributed by atoms with Crippen LogP contribution in [0, 0.1) is 22.7 Å². The highest BCUT2D eigenvalue weighted by Crippen LogP contribution is 2.07. The number of nitrogens with one attached hydrogen (secondary N) is 1. The van der Waals surface area contributed by atoms with E-state index in [-0.39, 0.29) is 23.0 Å². The van der Waals surface area contributed by atoms with Crippen LogP contribution in [-0.2, 0) is 0 Å². The standard InChI is InChI=1S/C9H8N4O/c1-5(2)8-9(14)13-7(4-11)6(3-10)12-8/h5H,1-2H3,(H,13,14). The number of aromatic nitrogens is 2. The van der Waals surface area contributed by atoms with Gasteiger partial charge in [0.15, 0.2) is 11.4 Å². The zero-order chi connectivity index (χ0) is 10.7. The quantitative estimate of drug-likeness (QED) is 0.699. The van der Waals surface area contributed by atoms with Crippen LogP contribution in [0.5, 0.6) is 0 Å². The summed E-state index contributed by atoms with van der Waals surface area (Å²) in [6.07, 6.45) is 0. The minimum atomic E-state index is -0.407. The van der Waals surface area contributed by atoms with Gasteiger partial charge in [-0.2, -0.15) is 10.5 Å². The first-order chi connectivity index (χ1) is 6.60. The van der Waals surface area contributed by atoms with Crippen LogP contribution in [0.2, 0.25) is 0 Å². The Labute approximate surface area is 80.6 Å². The van der Waals surface area contributed by atoms with Gasteiger partial charge in [-0.1, -0.05) is 13.8 Å². The molecule has 0 unspecified atom stereocenters. The molecule has 0 bridgehead atoms. The average Bonchev–Trinajstić information content (AvgIpc) is 2.16. The summed E-state index contributed by atoms with van der Waals surface area (Å²) in [6, 6.07) is 3.48. The molecule has 0 aliphatic carbocycles. The molecule has 1 heterocycles. The minimum absolute atomic E-state index is 0.0317. The second-order valence-corrected chi connectivity index (χ2v) is 3.05. The van der Waals surface area contributed by atoms with Crippen molar-refractivity contribution >= 4 is 0 Å². The van der Waals surface area contributed by atoms with Crippen molar-refractivity contribution in [3.63, 3.8) is 0 Å². The predicted octanol–water partition coefficient (Wildman–Crippen LogP) is 0.637. The predicted molar refractivity (Wildman–Crippen MR) is 48.4 cm³/mol. The van der Waals surface area contributed by atoms with Crippen LogP contribution in [0.4, 0.5) is 0 Å². The lowest BCUT2D eigenvalue weighted by atomic mass is 10.1. The summed E-state index contributed by atoms with van der Waals surface area (Å²) in [6.45, 7) is 3.59. The summed E-state index contributed by atoms with van der Waals surface area (Å²) >= 11 is 0. The highest BCUT2D eigenvalue weighted by atomic mass is 16.1. The molecule has 70 valence electrons. The summed E-state index contributed by atoms with van der Waals surface area (Å²) in [4.78, 5) is 17.5. The fourth-order valence-electron chi connectivity index (χ4n) is 1.02. The van der Waals surface area contributed by atoms with E-state index in [2.05, 4.69) is 9.97 Å². The van der Waals surface area contributed by atoms with Crippen LogP contribution >= 0.6 is 0 Å².